The van der Waals surface area contributed by atoms with Gasteiger partial charge in [0.25, 0.3) is 0 Å². The van der Waals surface area contributed by atoms with Crippen molar-refractivity contribution in [2.75, 3.05) is 0 Å². The highest BCUT2D eigenvalue weighted by atomic mass is 19.1. The van der Waals surface area contributed by atoms with Crippen molar-refractivity contribution in [2.45, 2.75) is 265 Å². The third kappa shape index (κ3) is 9.65. The quantitative estimate of drug-likeness (QED) is 0.123. The van der Waals surface area contributed by atoms with Crippen LogP contribution in [0.1, 0.15) is 252 Å². The van der Waals surface area contributed by atoms with Gasteiger partial charge in [-0.05, 0) is 120 Å². The van der Waals surface area contributed by atoms with Crippen LogP contribution in [0.25, 0.3) is 0 Å². The smallest absolute Gasteiger partial charge is 0.151 e. The fourth-order valence-corrected chi connectivity index (χ4v) is 13.8. The molecule has 4 atom stereocenters. The first-order valence-corrected chi connectivity index (χ1v) is 25.1. The van der Waals surface area contributed by atoms with Crippen molar-refractivity contribution in [1.29, 1.82) is 0 Å². The molecule has 0 saturated heterocycles. The number of carbonyl (C=O) groups is 2. The summed E-state index contributed by atoms with van der Waals surface area (Å²) in [6, 6.07) is 0. The van der Waals surface area contributed by atoms with E-state index in [1.165, 1.54) is 122 Å². The predicted octanol–water partition coefficient (Wildman–Crippen LogP) is 16.0. The zero-order valence-corrected chi connectivity index (χ0v) is 36.8. The number of carbonyl (C=O) groups excluding carboxylic acids is 2. The molecule has 0 radical (unpaired) electrons. The number of ketones is 2. The maximum absolute atomic E-state index is 15.9. The molecule has 4 heteroatoms. The van der Waals surface area contributed by atoms with Crippen LogP contribution in [0.3, 0.4) is 0 Å². The van der Waals surface area contributed by atoms with Crippen molar-refractivity contribution in [3.63, 3.8) is 0 Å². The standard InChI is InChI=1S/C26H45FO.C25H43FO/c1-3-5-7-8-10-12-22-15-19-26(20-16-22)23(27)25(24(26)28)17-13-21(14-18-25)11-9-6-4-2;1-3-5-6-7-8-9-13-21-14-10-11-17-25(21)22(26)24(23(25)27)18-15-20(12-4-2)16-19-24/h21-23H,3-20H2,1-2H3;20-22H,3-19H2,1-2H3/t21-,22?,23-,25+,26-;20-,21?,22-,24+,25?/m00/s1. The fourth-order valence-electron chi connectivity index (χ4n) is 13.8. The third-order valence-electron chi connectivity index (χ3n) is 17.3. The normalized spacial score (nSPS) is 38.6. The minimum absolute atomic E-state index is 0.332. The zero-order chi connectivity index (χ0) is 39.4. The first-order chi connectivity index (χ1) is 26.7. The summed E-state index contributed by atoms with van der Waals surface area (Å²) in [5.74, 6) is 3.28. The van der Waals surface area contributed by atoms with Gasteiger partial charge in [-0.2, -0.15) is 0 Å². The molecule has 0 aromatic heterocycles. The number of rotatable bonds is 19. The molecular weight excluding hydrogens is 683 g/mol. The van der Waals surface area contributed by atoms with Gasteiger partial charge in [0, 0.05) is 0 Å². The summed E-state index contributed by atoms with van der Waals surface area (Å²) >= 11 is 0. The van der Waals surface area contributed by atoms with Crippen molar-refractivity contribution in [1.82, 2.24) is 0 Å². The van der Waals surface area contributed by atoms with Crippen LogP contribution in [-0.2, 0) is 9.59 Å². The molecule has 4 spiro atoms. The van der Waals surface area contributed by atoms with E-state index in [2.05, 4.69) is 27.7 Å². The minimum Gasteiger partial charge on any atom is -0.298 e. The molecule has 55 heavy (non-hydrogen) atoms. The van der Waals surface area contributed by atoms with Gasteiger partial charge < -0.3 is 0 Å². The monoisotopic (exact) mass is 771 g/mol. The Kier molecular flexibility index (Phi) is 17.7. The molecule has 0 bridgehead atoms. The molecule has 6 fully saturated rings. The van der Waals surface area contributed by atoms with E-state index in [9.17, 15) is 9.59 Å². The van der Waals surface area contributed by atoms with Crippen LogP contribution in [0.2, 0.25) is 0 Å². The Morgan fingerprint density at radius 3 is 1.27 bits per heavy atom. The fraction of sp³-hybridized carbons (Fsp3) is 0.961. The molecular formula is C51H88F2O2. The molecule has 318 valence electrons. The van der Waals surface area contributed by atoms with Gasteiger partial charge in [-0.3, -0.25) is 9.59 Å². The predicted molar refractivity (Wildman–Crippen MR) is 228 cm³/mol. The molecule has 6 aliphatic rings. The molecule has 0 aliphatic heterocycles. The number of hydrogen-bond donors (Lipinski definition) is 0. The summed E-state index contributed by atoms with van der Waals surface area (Å²) in [6.45, 7) is 8.99. The van der Waals surface area contributed by atoms with Crippen LogP contribution in [-0.4, -0.2) is 23.9 Å². The van der Waals surface area contributed by atoms with Crippen LogP contribution in [0.5, 0.6) is 0 Å². The SMILES string of the molecule is CCCCCCCC1CC[C@]2(CC1)C(=O)[C@@]1(CC[C@H](CCCCC)CC1)[C@@H]2F.CCCCCCCCC1CCCCC12C(=O)[C@]1(CC[C@@H](CCC)CC1)[C@@H]2F. The van der Waals surface area contributed by atoms with Gasteiger partial charge in [0.15, 0.2) is 11.6 Å². The molecule has 2 unspecified atom stereocenters. The van der Waals surface area contributed by atoms with E-state index in [1.54, 1.807) is 0 Å². The van der Waals surface area contributed by atoms with Crippen LogP contribution in [0.4, 0.5) is 8.78 Å². The Hall–Kier alpha value is -0.800. The Bertz CT molecular complexity index is 1140. The first kappa shape index (κ1) is 45.3. The van der Waals surface area contributed by atoms with Crippen molar-refractivity contribution in [2.24, 2.45) is 45.3 Å². The first-order valence-electron chi connectivity index (χ1n) is 25.1. The third-order valence-corrected chi connectivity index (χ3v) is 17.3. The van der Waals surface area contributed by atoms with E-state index < -0.39 is 34.0 Å². The topological polar surface area (TPSA) is 34.1 Å². The lowest BCUT2D eigenvalue weighted by Gasteiger charge is -2.63. The number of hydrogen-bond acceptors (Lipinski definition) is 2. The second-order valence-corrected chi connectivity index (χ2v) is 20.7. The number of halogens is 2. The highest BCUT2D eigenvalue weighted by Crippen LogP contribution is 2.68. The van der Waals surface area contributed by atoms with Gasteiger partial charge in [0.2, 0.25) is 0 Å². The van der Waals surface area contributed by atoms with Gasteiger partial charge in [0.05, 0.1) is 21.7 Å². The largest absolute Gasteiger partial charge is 0.298 e. The van der Waals surface area contributed by atoms with Crippen LogP contribution in [0.15, 0.2) is 0 Å². The Morgan fingerprint density at radius 1 is 0.418 bits per heavy atom. The van der Waals surface area contributed by atoms with Crippen molar-refractivity contribution in [3.8, 4) is 0 Å². The van der Waals surface area contributed by atoms with Gasteiger partial charge in [0.1, 0.15) is 12.3 Å². The van der Waals surface area contributed by atoms with Crippen molar-refractivity contribution < 1.29 is 18.4 Å². The molecule has 0 heterocycles. The van der Waals surface area contributed by atoms with E-state index in [4.69, 9.17) is 0 Å². The molecule has 6 rings (SSSR count). The Labute approximate surface area is 339 Å². The lowest BCUT2D eigenvalue weighted by atomic mass is 9.39. The van der Waals surface area contributed by atoms with Crippen LogP contribution < -0.4 is 0 Å². The van der Waals surface area contributed by atoms with Crippen LogP contribution >= 0.6 is 0 Å². The van der Waals surface area contributed by atoms with Gasteiger partial charge in [-0.1, -0.05) is 156 Å². The minimum atomic E-state index is -0.842. The molecule has 0 N–H and O–H groups in total. The van der Waals surface area contributed by atoms with Crippen molar-refractivity contribution >= 4 is 11.6 Å². The maximum atomic E-state index is 15.9. The molecule has 0 amide bonds. The highest BCUT2D eigenvalue weighted by molar-refractivity contribution is 5.99. The molecule has 2 nitrogen and oxygen atoms in total. The summed E-state index contributed by atoms with van der Waals surface area (Å²) in [5.41, 5.74) is -2.26. The van der Waals surface area contributed by atoms with E-state index in [-0.39, 0.29) is 0 Å². The summed E-state index contributed by atoms with van der Waals surface area (Å²) in [5, 5.41) is 0. The lowest BCUT2D eigenvalue weighted by molar-refractivity contribution is -0.203. The summed E-state index contributed by atoms with van der Waals surface area (Å²) in [4.78, 5) is 26.8. The second kappa shape index (κ2) is 21.5. The number of unbranched alkanes of at least 4 members (excludes halogenated alkanes) is 11. The van der Waals surface area contributed by atoms with E-state index >= 15 is 8.78 Å². The molecule has 0 aromatic carbocycles. The molecule has 0 aromatic rings. The number of Topliss-reactive ketones (excluding diaryl/α,β-unsaturated/α-hetero) is 2. The lowest BCUT2D eigenvalue weighted by Crippen LogP contribution is -2.71. The molecule has 6 aliphatic carbocycles. The highest BCUT2D eigenvalue weighted by Gasteiger charge is 2.74. The van der Waals surface area contributed by atoms with E-state index in [0.29, 0.717) is 17.5 Å². The second-order valence-electron chi connectivity index (χ2n) is 20.7. The Morgan fingerprint density at radius 2 is 0.818 bits per heavy atom. The van der Waals surface area contributed by atoms with Gasteiger partial charge in [-0.15, -0.1) is 0 Å². The summed E-state index contributed by atoms with van der Waals surface area (Å²) < 4.78 is 31.4. The maximum Gasteiger partial charge on any atom is 0.151 e. The van der Waals surface area contributed by atoms with Crippen molar-refractivity contribution in [3.05, 3.63) is 0 Å². The van der Waals surface area contributed by atoms with E-state index in [0.717, 1.165) is 120 Å². The van der Waals surface area contributed by atoms with E-state index in [1.807, 2.05) is 0 Å². The van der Waals surface area contributed by atoms with Crippen LogP contribution in [0, 0.1) is 45.3 Å². The zero-order valence-electron chi connectivity index (χ0n) is 36.8. The van der Waals surface area contributed by atoms with Gasteiger partial charge >= 0.3 is 0 Å². The average molecular weight is 771 g/mol. The number of alkyl halides is 2. The summed E-state index contributed by atoms with van der Waals surface area (Å²) in [6.07, 6.45) is 38.5. The molecule has 6 saturated carbocycles. The average Bonchev–Trinajstić information content (AvgIpc) is 3.22. The summed E-state index contributed by atoms with van der Waals surface area (Å²) in [7, 11) is 0. The van der Waals surface area contributed by atoms with Gasteiger partial charge in [-0.25, -0.2) is 8.78 Å². The Balaban J connectivity index is 0.000000211.